The summed E-state index contributed by atoms with van der Waals surface area (Å²) in [5.74, 6) is 0.553. The van der Waals surface area contributed by atoms with Crippen LogP contribution in [0, 0.1) is 0 Å². The summed E-state index contributed by atoms with van der Waals surface area (Å²) in [5.41, 5.74) is -0.208. The quantitative estimate of drug-likeness (QED) is 0.717. The molecule has 0 heterocycles. The van der Waals surface area contributed by atoms with Crippen molar-refractivity contribution in [1.82, 2.24) is 10.6 Å². The SMILES string of the molecule is CC(NCCS(C)=O)C(=O)NC(C)(C)C. The van der Waals surface area contributed by atoms with Crippen LogP contribution in [-0.2, 0) is 15.6 Å². The first-order valence-corrected chi connectivity index (χ1v) is 6.80. The predicted molar refractivity (Wildman–Crippen MR) is 64.3 cm³/mol. The zero-order chi connectivity index (χ0) is 12.1. The molecule has 0 aliphatic rings. The average Bonchev–Trinajstić information content (AvgIpc) is 1.99. The van der Waals surface area contributed by atoms with Crippen molar-refractivity contribution < 1.29 is 9.00 Å². The lowest BCUT2D eigenvalue weighted by Gasteiger charge is -2.23. The topological polar surface area (TPSA) is 58.2 Å². The zero-order valence-electron chi connectivity index (χ0n) is 10.2. The molecule has 0 aliphatic carbocycles. The van der Waals surface area contributed by atoms with Gasteiger partial charge >= 0.3 is 0 Å². The van der Waals surface area contributed by atoms with E-state index in [1.807, 2.05) is 20.8 Å². The molecule has 1 amide bonds. The maximum atomic E-state index is 11.6. The van der Waals surface area contributed by atoms with Gasteiger partial charge in [-0.25, -0.2) is 0 Å². The molecule has 0 bridgehead atoms. The highest BCUT2D eigenvalue weighted by Gasteiger charge is 2.18. The van der Waals surface area contributed by atoms with Gasteiger partial charge in [-0.2, -0.15) is 0 Å². The molecule has 0 saturated heterocycles. The van der Waals surface area contributed by atoms with Gasteiger partial charge in [0.1, 0.15) is 0 Å². The summed E-state index contributed by atoms with van der Waals surface area (Å²) < 4.78 is 10.8. The van der Waals surface area contributed by atoms with Crippen LogP contribution in [0.2, 0.25) is 0 Å². The van der Waals surface area contributed by atoms with Gasteiger partial charge in [-0.15, -0.1) is 0 Å². The standard InChI is InChI=1S/C10H22N2O2S/c1-8(11-6-7-15(5)14)9(13)12-10(2,3)4/h8,11H,6-7H2,1-5H3,(H,12,13). The van der Waals surface area contributed by atoms with Crippen molar-refractivity contribution in [3.63, 3.8) is 0 Å². The van der Waals surface area contributed by atoms with E-state index in [0.717, 1.165) is 0 Å². The van der Waals surface area contributed by atoms with E-state index in [1.54, 1.807) is 13.2 Å². The Bertz CT molecular complexity index is 236. The van der Waals surface area contributed by atoms with Crippen molar-refractivity contribution in [3.05, 3.63) is 0 Å². The third-order valence-electron chi connectivity index (χ3n) is 1.73. The van der Waals surface area contributed by atoms with Crippen LogP contribution in [0.15, 0.2) is 0 Å². The molecule has 4 nitrogen and oxygen atoms in total. The minimum Gasteiger partial charge on any atom is -0.350 e. The molecule has 5 heteroatoms. The normalized spacial score (nSPS) is 15.8. The molecule has 2 N–H and O–H groups in total. The van der Waals surface area contributed by atoms with Gasteiger partial charge in [0.05, 0.1) is 6.04 Å². The van der Waals surface area contributed by atoms with Crippen LogP contribution in [0.25, 0.3) is 0 Å². The summed E-state index contributed by atoms with van der Waals surface area (Å²) in [6, 6.07) is -0.243. The van der Waals surface area contributed by atoms with E-state index in [-0.39, 0.29) is 17.5 Å². The maximum Gasteiger partial charge on any atom is 0.237 e. The van der Waals surface area contributed by atoms with Gasteiger partial charge in [-0.1, -0.05) is 0 Å². The highest BCUT2D eigenvalue weighted by atomic mass is 32.2. The molecule has 0 radical (unpaired) electrons. The number of hydrogen-bond donors (Lipinski definition) is 2. The lowest BCUT2D eigenvalue weighted by Crippen LogP contribution is -2.50. The number of carbonyl (C=O) groups is 1. The molecule has 2 unspecified atom stereocenters. The van der Waals surface area contributed by atoms with Crippen molar-refractivity contribution in [1.29, 1.82) is 0 Å². The van der Waals surface area contributed by atoms with Crippen LogP contribution in [0.1, 0.15) is 27.7 Å². The second-order valence-electron chi connectivity index (χ2n) is 4.69. The minimum atomic E-state index is -0.808. The Morgan fingerprint density at radius 1 is 1.40 bits per heavy atom. The largest absolute Gasteiger partial charge is 0.350 e. The van der Waals surface area contributed by atoms with Crippen molar-refractivity contribution in [2.24, 2.45) is 0 Å². The third-order valence-corrected chi connectivity index (χ3v) is 2.51. The van der Waals surface area contributed by atoms with Crippen molar-refractivity contribution in [3.8, 4) is 0 Å². The highest BCUT2D eigenvalue weighted by Crippen LogP contribution is 1.99. The Kier molecular flexibility index (Phi) is 6.05. The van der Waals surface area contributed by atoms with E-state index >= 15 is 0 Å². The fourth-order valence-corrected chi connectivity index (χ4v) is 1.40. The monoisotopic (exact) mass is 234 g/mol. The van der Waals surface area contributed by atoms with Crippen molar-refractivity contribution in [2.75, 3.05) is 18.6 Å². The van der Waals surface area contributed by atoms with E-state index in [4.69, 9.17) is 0 Å². The summed E-state index contributed by atoms with van der Waals surface area (Å²) in [4.78, 5) is 11.6. The van der Waals surface area contributed by atoms with Gasteiger partial charge in [0.2, 0.25) is 5.91 Å². The van der Waals surface area contributed by atoms with Crippen LogP contribution < -0.4 is 10.6 Å². The van der Waals surface area contributed by atoms with Gasteiger partial charge in [-0.3, -0.25) is 9.00 Å². The molecular weight excluding hydrogens is 212 g/mol. The second-order valence-corrected chi connectivity index (χ2v) is 6.25. The Hall–Kier alpha value is -0.420. The molecule has 2 atom stereocenters. The third kappa shape index (κ3) is 8.57. The van der Waals surface area contributed by atoms with Gasteiger partial charge in [0.25, 0.3) is 0 Å². The van der Waals surface area contributed by atoms with Crippen LogP contribution in [0.4, 0.5) is 0 Å². The molecule has 0 aromatic heterocycles. The Morgan fingerprint density at radius 3 is 2.33 bits per heavy atom. The summed E-state index contributed by atoms with van der Waals surface area (Å²) >= 11 is 0. The Morgan fingerprint density at radius 2 is 1.93 bits per heavy atom. The zero-order valence-corrected chi connectivity index (χ0v) is 11.0. The first-order chi connectivity index (χ1) is 6.72. The van der Waals surface area contributed by atoms with E-state index in [2.05, 4.69) is 10.6 Å². The number of carbonyl (C=O) groups excluding carboxylic acids is 1. The van der Waals surface area contributed by atoms with Crippen molar-refractivity contribution in [2.45, 2.75) is 39.3 Å². The fourth-order valence-electron chi connectivity index (χ4n) is 0.990. The summed E-state index contributed by atoms with van der Waals surface area (Å²) in [6.45, 7) is 8.23. The molecule has 0 spiro atoms. The van der Waals surface area contributed by atoms with Gasteiger partial charge in [0.15, 0.2) is 0 Å². The number of rotatable bonds is 5. The molecule has 0 rings (SSSR count). The fraction of sp³-hybridized carbons (Fsp3) is 0.900. The van der Waals surface area contributed by atoms with E-state index in [1.165, 1.54) is 0 Å². The molecule has 0 saturated carbocycles. The lowest BCUT2D eigenvalue weighted by molar-refractivity contribution is -0.124. The summed E-state index contributed by atoms with van der Waals surface area (Å²) in [7, 11) is -0.808. The minimum absolute atomic E-state index is 0.0237. The van der Waals surface area contributed by atoms with E-state index in [0.29, 0.717) is 12.3 Å². The van der Waals surface area contributed by atoms with Crippen LogP contribution in [-0.4, -0.2) is 40.3 Å². The van der Waals surface area contributed by atoms with Gasteiger partial charge < -0.3 is 10.6 Å². The second kappa shape index (κ2) is 6.23. The van der Waals surface area contributed by atoms with Crippen LogP contribution in [0.5, 0.6) is 0 Å². The molecule has 90 valence electrons. The molecular formula is C10H22N2O2S. The van der Waals surface area contributed by atoms with Gasteiger partial charge in [0, 0.05) is 34.9 Å². The highest BCUT2D eigenvalue weighted by molar-refractivity contribution is 7.84. The van der Waals surface area contributed by atoms with Crippen LogP contribution >= 0.6 is 0 Å². The Labute approximate surface area is 94.7 Å². The average molecular weight is 234 g/mol. The van der Waals surface area contributed by atoms with E-state index < -0.39 is 10.8 Å². The maximum absolute atomic E-state index is 11.6. The Balaban J connectivity index is 3.85. The first-order valence-electron chi connectivity index (χ1n) is 5.08. The summed E-state index contributed by atoms with van der Waals surface area (Å²) in [6.07, 6.45) is 1.65. The first kappa shape index (κ1) is 14.6. The number of amides is 1. The molecule has 15 heavy (non-hydrogen) atoms. The number of hydrogen-bond acceptors (Lipinski definition) is 3. The molecule has 0 aromatic rings. The molecule has 0 aromatic carbocycles. The van der Waals surface area contributed by atoms with Gasteiger partial charge in [-0.05, 0) is 27.7 Å². The van der Waals surface area contributed by atoms with Crippen LogP contribution in [0.3, 0.4) is 0 Å². The predicted octanol–water partition coefficient (Wildman–Crippen LogP) is 0.258. The molecule has 0 fully saturated rings. The van der Waals surface area contributed by atoms with Crippen molar-refractivity contribution >= 4 is 16.7 Å². The van der Waals surface area contributed by atoms with E-state index in [9.17, 15) is 9.00 Å². The lowest BCUT2D eigenvalue weighted by atomic mass is 10.1. The number of nitrogens with one attached hydrogen (secondary N) is 2. The summed E-state index contributed by atoms with van der Waals surface area (Å²) in [5, 5.41) is 5.91. The smallest absolute Gasteiger partial charge is 0.237 e. The molecule has 0 aliphatic heterocycles.